The third-order valence-electron chi connectivity index (χ3n) is 5.07. The highest BCUT2D eigenvalue weighted by molar-refractivity contribution is 7.15. The van der Waals surface area contributed by atoms with Crippen LogP contribution in [0, 0.1) is 0 Å². The molecule has 1 N–H and O–H groups in total. The molecule has 2 atom stereocenters. The van der Waals surface area contributed by atoms with Gasteiger partial charge in [-0.1, -0.05) is 12.1 Å². The summed E-state index contributed by atoms with van der Waals surface area (Å²) in [6, 6.07) is 7.45. The van der Waals surface area contributed by atoms with Crippen molar-refractivity contribution in [2.45, 2.75) is 39.4 Å². The molecule has 1 aliphatic rings. The molecular weight excluding hydrogens is 416 g/mol. The van der Waals surface area contributed by atoms with Crippen LogP contribution in [-0.4, -0.2) is 62.3 Å². The molecule has 2 heterocycles. The molecule has 1 aliphatic heterocycles. The molecule has 8 heteroatoms. The van der Waals surface area contributed by atoms with E-state index in [2.05, 4.69) is 10.2 Å². The number of hydrogen-bond acceptors (Lipinski definition) is 7. The second-order valence-corrected chi connectivity index (χ2v) is 8.50. The van der Waals surface area contributed by atoms with Crippen LogP contribution >= 0.6 is 11.3 Å². The molecule has 0 spiro atoms. The van der Waals surface area contributed by atoms with Crippen molar-refractivity contribution >= 4 is 28.2 Å². The lowest BCUT2D eigenvalue weighted by molar-refractivity contribution is -0.117. The van der Waals surface area contributed by atoms with Crippen molar-refractivity contribution in [1.29, 1.82) is 0 Å². The molecule has 1 fully saturated rings. The van der Waals surface area contributed by atoms with Gasteiger partial charge in [-0.2, -0.15) is 0 Å². The molecule has 31 heavy (non-hydrogen) atoms. The van der Waals surface area contributed by atoms with Crippen molar-refractivity contribution in [3.8, 4) is 16.9 Å². The summed E-state index contributed by atoms with van der Waals surface area (Å²) in [6.07, 6.45) is 0.662. The van der Waals surface area contributed by atoms with Gasteiger partial charge < -0.3 is 19.5 Å². The summed E-state index contributed by atoms with van der Waals surface area (Å²) in [5.74, 6) is 0.165. The highest BCUT2D eigenvalue weighted by Gasteiger charge is 2.25. The number of rotatable bonds is 8. The standard InChI is InChI=1S/C23H30N2O5S/c1-5-29-23(27)21-19(17-6-8-18(28-4)9-7-17)14-31-22(21)24-20(26)10-11-25-12-15(2)30-16(3)13-25/h6-9,14-16H,5,10-13H2,1-4H3,(H,24,26). The smallest absolute Gasteiger partial charge is 0.341 e. The normalized spacial score (nSPS) is 19.1. The van der Waals surface area contributed by atoms with Crippen LogP contribution in [0.25, 0.3) is 11.1 Å². The number of methoxy groups -OCH3 is 1. The van der Waals surface area contributed by atoms with Gasteiger partial charge in [-0.05, 0) is 38.5 Å². The lowest BCUT2D eigenvalue weighted by atomic mass is 10.0. The van der Waals surface area contributed by atoms with Gasteiger partial charge in [0.1, 0.15) is 16.3 Å². The molecule has 7 nitrogen and oxygen atoms in total. The van der Waals surface area contributed by atoms with Crippen molar-refractivity contribution in [2.24, 2.45) is 0 Å². The van der Waals surface area contributed by atoms with Crippen LogP contribution in [0.3, 0.4) is 0 Å². The van der Waals surface area contributed by atoms with Crippen LogP contribution in [0.5, 0.6) is 5.75 Å². The number of nitrogens with one attached hydrogen (secondary N) is 1. The number of carbonyl (C=O) groups excluding carboxylic acids is 2. The molecule has 2 unspecified atom stereocenters. The Labute approximate surface area is 187 Å². The summed E-state index contributed by atoms with van der Waals surface area (Å²) in [6.45, 7) is 8.38. The first-order chi connectivity index (χ1) is 14.9. The fourth-order valence-corrected chi connectivity index (χ4v) is 4.73. The first-order valence-corrected chi connectivity index (χ1v) is 11.4. The highest BCUT2D eigenvalue weighted by atomic mass is 32.1. The van der Waals surface area contributed by atoms with Crippen molar-refractivity contribution in [3.05, 3.63) is 35.2 Å². The van der Waals surface area contributed by atoms with E-state index in [1.807, 2.05) is 43.5 Å². The minimum Gasteiger partial charge on any atom is -0.497 e. The minimum absolute atomic E-state index is 0.125. The number of anilines is 1. The van der Waals surface area contributed by atoms with Crippen molar-refractivity contribution in [1.82, 2.24) is 4.90 Å². The first kappa shape index (κ1) is 23.2. The van der Waals surface area contributed by atoms with Gasteiger partial charge in [-0.25, -0.2) is 4.79 Å². The van der Waals surface area contributed by atoms with Gasteiger partial charge in [-0.3, -0.25) is 9.69 Å². The summed E-state index contributed by atoms with van der Waals surface area (Å²) in [5.41, 5.74) is 1.98. The van der Waals surface area contributed by atoms with Gasteiger partial charge in [0.25, 0.3) is 0 Å². The van der Waals surface area contributed by atoms with E-state index in [4.69, 9.17) is 14.2 Å². The lowest BCUT2D eigenvalue weighted by Crippen LogP contribution is -2.46. The van der Waals surface area contributed by atoms with Gasteiger partial charge in [0.05, 0.1) is 25.9 Å². The van der Waals surface area contributed by atoms with Gasteiger partial charge in [0, 0.05) is 37.0 Å². The van der Waals surface area contributed by atoms with Crippen LogP contribution in [0.4, 0.5) is 5.00 Å². The van der Waals surface area contributed by atoms with E-state index in [0.29, 0.717) is 23.5 Å². The molecule has 0 saturated carbocycles. The van der Waals surface area contributed by atoms with Gasteiger partial charge in [-0.15, -0.1) is 11.3 Å². The van der Waals surface area contributed by atoms with Crippen molar-refractivity contribution in [2.75, 3.05) is 38.7 Å². The summed E-state index contributed by atoms with van der Waals surface area (Å²) in [7, 11) is 1.61. The lowest BCUT2D eigenvalue weighted by Gasteiger charge is -2.35. The number of benzene rings is 1. The molecule has 168 valence electrons. The Bertz CT molecular complexity index is 886. The molecule has 0 radical (unpaired) electrons. The average molecular weight is 447 g/mol. The predicted molar refractivity (Wildman–Crippen MR) is 122 cm³/mol. The quantitative estimate of drug-likeness (QED) is 0.617. The Balaban J connectivity index is 1.73. The topological polar surface area (TPSA) is 77.1 Å². The number of thiophene rings is 1. The molecule has 3 rings (SSSR count). The molecular formula is C23H30N2O5S. The Morgan fingerprint density at radius 1 is 1.19 bits per heavy atom. The zero-order valence-electron chi connectivity index (χ0n) is 18.5. The van der Waals surface area contributed by atoms with Gasteiger partial charge >= 0.3 is 5.97 Å². The predicted octanol–water partition coefficient (Wildman–Crippen LogP) is 4.04. The molecule has 1 aromatic heterocycles. The van der Waals surface area contributed by atoms with Crippen LogP contribution in [-0.2, 0) is 14.3 Å². The van der Waals surface area contributed by atoms with Crippen LogP contribution in [0.1, 0.15) is 37.6 Å². The largest absolute Gasteiger partial charge is 0.497 e. The van der Waals surface area contributed by atoms with E-state index in [1.54, 1.807) is 14.0 Å². The van der Waals surface area contributed by atoms with Crippen LogP contribution in [0.2, 0.25) is 0 Å². The maximum absolute atomic E-state index is 12.7. The Kier molecular flexibility index (Phi) is 8.06. The summed E-state index contributed by atoms with van der Waals surface area (Å²) in [5, 5.41) is 5.30. The average Bonchev–Trinajstić information content (AvgIpc) is 3.15. The number of nitrogens with zero attached hydrogens (tertiary/aromatic N) is 1. The number of morpholine rings is 1. The summed E-state index contributed by atoms with van der Waals surface area (Å²) < 4.78 is 16.2. The number of hydrogen-bond donors (Lipinski definition) is 1. The molecule has 0 aliphatic carbocycles. The van der Waals surface area contributed by atoms with E-state index < -0.39 is 5.97 Å². The maximum Gasteiger partial charge on any atom is 0.341 e. The monoisotopic (exact) mass is 446 g/mol. The number of esters is 1. The minimum atomic E-state index is -0.444. The Hall–Kier alpha value is -2.42. The number of amides is 1. The second-order valence-electron chi connectivity index (χ2n) is 7.62. The maximum atomic E-state index is 12.7. The van der Waals surface area contributed by atoms with Gasteiger partial charge in [0.15, 0.2) is 0 Å². The summed E-state index contributed by atoms with van der Waals surface area (Å²) >= 11 is 1.33. The van der Waals surface area contributed by atoms with E-state index in [-0.39, 0.29) is 24.7 Å². The second kappa shape index (κ2) is 10.7. The first-order valence-electron chi connectivity index (χ1n) is 10.5. The molecule has 1 amide bonds. The fraction of sp³-hybridized carbons (Fsp3) is 0.478. The third kappa shape index (κ3) is 6.06. The summed E-state index contributed by atoms with van der Waals surface area (Å²) in [4.78, 5) is 27.6. The highest BCUT2D eigenvalue weighted by Crippen LogP contribution is 2.37. The zero-order valence-corrected chi connectivity index (χ0v) is 19.3. The molecule has 0 bridgehead atoms. The van der Waals surface area contributed by atoms with Crippen LogP contribution in [0.15, 0.2) is 29.6 Å². The van der Waals surface area contributed by atoms with Crippen molar-refractivity contribution in [3.63, 3.8) is 0 Å². The fourth-order valence-electron chi connectivity index (χ4n) is 3.75. The van der Waals surface area contributed by atoms with E-state index in [1.165, 1.54) is 11.3 Å². The van der Waals surface area contributed by atoms with E-state index in [9.17, 15) is 9.59 Å². The van der Waals surface area contributed by atoms with Gasteiger partial charge in [0.2, 0.25) is 5.91 Å². The van der Waals surface area contributed by atoms with Crippen LogP contribution < -0.4 is 10.1 Å². The zero-order chi connectivity index (χ0) is 22.4. The number of ether oxygens (including phenoxy) is 3. The molecule has 1 saturated heterocycles. The Morgan fingerprint density at radius 2 is 1.87 bits per heavy atom. The van der Waals surface area contributed by atoms with Crippen molar-refractivity contribution < 1.29 is 23.8 Å². The van der Waals surface area contributed by atoms with E-state index >= 15 is 0 Å². The molecule has 2 aromatic rings. The SMILES string of the molecule is CCOC(=O)c1c(-c2ccc(OC)cc2)csc1NC(=O)CCN1CC(C)OC(C)C1. The molecule has 1 aromatic carbocycles. The van der Waals surface area contributed by atoms with E-state index in [0.717, 1.165) is 30.0 Å². The number of carbonyl (C=O) groups is 2. The Morgan fingerprint density at radius 3 is 2.48 bits per heavy atom. The third-order valence-corrected chi connectivity index (χ3v) is 5.97.